The second-order valence-corrected chi connectivity index (χ2v) is 0.445. The van der Waals surface area contributed by atoms with Gasteiger partial charge in [0.05, 0.1) is 0 Å². The molecule has 0 aromatic carbocycles. The second-order valence-electron chi connectivity index (χ2n) is 0.209. The van der Waals surface area contributed by atoms with Gasteiger partial charge in [-0.2, -0.15) is 5.25 Å². The van der Waals surface area contributed by atoms with Crippen LogP contribution >= 0.6 is 9.39 Å². The molecule has 2 N–H and O–H groups in total. The van der Waals surface area contributed by atoms with E-state index in [1.54, 1.807) is 0 Å². The number of rotatable bonds is 1. The highest BCUT2D eigenvalue weighted by molar-refractivity contribution is 7.13. The summed E-state index contributed by atoms with van der Waals surface area (Å²) in [5.74, 6) is 0. The Labute approximate surface area is 26.1 Å². The molecular formula is H4NO2P. The minimum Gasteiger partial charge on any atom is -0.233 e. The van der Waals surface area contributed by atoms with Crippen molar-refractivity contribution in [3.8, 4) is 0 Å². The minimum absolute atomic E-state index is 1.90. The van der Waals surface area contributed by atoms with Crippen molar-refractivity contribution in [1.29, 1.82) is 0 Å². The van der Waals surface area contributed by atoms with E-state index in [0.29, 0.717) is 0 Å². The Hall–Kier alpha value is 0.310. The molecular weight excluding hydrogens is 77.0 g/mol. The Morgan fingerprint density at radius 3 is 2.25 bits per heavy atom. The third kappa shape index (κ3) is 2.31. The van der Waals surface area contributed by atoms with Crippen LogP contribution in [-0.2, 0) is 4.99 Å². The lowest BCUT2D eigenvalue weighted by molar-refractivity contribution is -0.266. The van der Waals surface area contributed by atoms with Gasteiger partial charge in [-0.1, -0.05) is 0 Å². The van der Waals surface area contributed by atoms with Crippen LogP contribution < -0.4 is 5.25 Å². The van der Waals surface area contributed by atoms with E-state index in [-0.39, 0.29) is 0 Å². The van der Waals surface area contributed by atoms with Gasteiger partial charge >= 0.3 is 0 Å². The predicted octanol–water partition coefficient (Wildman–Crippen LogP) is -0.229. The monoisotopic (exact) mass is 81.0 g/mol. The van der Waals surface area contributed by atoms with Crippen molar-refractivity contribution < 1.29 is 10.2 Å². The van der Waals surface area contributed by atoms with E-state index >= 15 is 0 Å². The van der Waals surface area contributed by atoms with Crippen molar-refractivity contribution in [2.45, 2.75) is 0 Å². The van der Waals surface area contributed by atoms with Crippen molar-refractivity contribution in [3.63, 3.8) is 0 Å². The van der Waals surface area contributed by atoms with Crippen molar-refractivity contribution in [2.24, 2.45) is 0 Å². The summed E-state index contributed by atoms with van der Waals surface area (Å²) in [4.78, 5) is 3.25. The Kier molecular flexibility index (Phi) is 3.57. The van der Waals surface area contributed by atoms with Gasteiger partial charge in [-0.15, -0.1) is 4.99 Å². The summed E-state index contributed by atoms with van der Waals surface area (Å²) in [7, 11) is 1.93. The van der Waals surface area contributed by atoms with Gasteiger partial charge in [0.1, 0.15) is 0 Å². The smallest absolute Gasteiger partial charge is 0.0361 e. The molecule has 3 nitrogen and oxygen atoms in total. The maximum atomic E-state index is 7.24. The Morgan fingerprint density at radius 1 is 2.00 bits per heavy atom. The fraction of sp³-hybridized carbons (Fsp3) is 0. The summed E-state index contributed by atoms with van der Waals surface area (Å²) < 4.78 is 0. The largest absolute Gasteiger partial charge is 0.233 e. The van der Waals surface area contributed by atoms with Crippen LogP contribution in [-0.4, -0.2) is 5.26 Å². The maximum absolute atomic E-state index is 7.24. The predicted molar refractivity (Wildman–Crippen MR) is 16.6 cm³/mol. The average molecular weight is 81.0 g/mol. The van der Waals surface area contributed by atoms with Crippen LogP contribution in [0.25, 0.3) is 0 Å². The lowest BCUT2D eigenvalue weighted by Crippen LogP contribution is -1.90. The van der Waals surface area contributed by atoms with Crippen LogP contribution in [0.4, 0.5) is 0 Å². The number of hydrogen-bond acceptors (Lipinski definition) is 3. The van der Waals surface area contributed by atoms with Gasteiger partial charge in [0.15, 0.2) is 0 Å². The highest BCUT2D eigenvalue weighted by Crippen LogP contribution is 1.58. The van der Waals surface area contributed by atoms with Crippen LogP contribution in [0.15, 0.2) is 0 Å². The lowest BCUT2D eigenvalue weighted by atomic mass is 13.5. The van der Waals surface area contributed by atoms with E-state index < -0.39 is 0 Å². The Bertz CT molecular complexity index is 8.00. The minimum atomic E-state index is 1.90. The SMILES string of the molecule is OONP. The molecule has 0 saturated heterocycles. The summed E-state index contributed by atoms with van der Waals surface area (Å²) in [6.07, 6.45) is 0. The zero-order valence-corrected chi connectivity index (χ0v) is 3.09. The van der Waals surface area contributed by atoms with E-state index in [1.807, 2.05) is 14.6 Å². The first kappa shape index (κ1) is 4.31. The summed E-state index contributed by atoms with van der Waals surface area (Å²) in [6.45, 7) is 0. The lowest BCUT2D eigenvalue weighted by Gasteiger charge is -1.76. The number of hydrogen-bond donors (Lipinski definition) is 2. The van der Waals surface area contributed by atoms with Gasteiger partial charge in [-0.25, -0.2) is 5.26 Å². The third-order valence-electron chi connectivity index (χ3n) is 0.0527. The van der Waals surface area contributed by atoms with E-state index in [0.717, 1.165) is 0 Å². The summed E-state index contributed by atoms with van der Waals surface area (Å²) in [5.41, 5.74) is 0. The molecule has 0 aliphatic carbocycles. The Balaban J connectivity index is 1.97. The fourth-order valence-electron chi connectivity index (χ4n) is 0. The molecule has 0 amide bonds. The number of nitrogens with one attached hydrogen (secondary N) is 1. The van der Waals surface area contributed by atoms with Crippen LogP contribution in [0, 0.1) is 0 Å². The van der Waals surface area contributed by atoms with Gasteiger partial charge in [0.2, 0.25) is 0 Å². The summed E-state index contributed by atoms with van der Waals surface area (Å²) >= 11 is 0. The molecule has 0 radical (unpaired) electrons. The quantitative estimate of drug-likeness (QED) is 0.260. The molecule has 0 fully saturated rings. The topological polar surface area (TPSA) is 41.5 Å². The summed E-state index contributed by atoms with van der Waals surface area (Å²) in [6, 6.07) is 0. The molecule has 0 spiro atoms. The molecule has 0 saturated carbocycles. The van der Waals surface area contributed by atoms with E-state index in [1.165, 1.54) is 0 Å². The molecule has 0 bridgehead atoms. The molecule has 0 heterocycles. The zero-order chi connectivity index (χ0) is 3.41. The first-order valence-electron chi connectivity index (χ1n) is 0.675. The highest BCUT2D eigenvalue weighted by atomic mass is 31.0. The average Bonchev–Trinajstić information content (AvgIpc) is 1.37. The summed E-state index contributed by atoms with van der Waals surface area (Å²) in [5, 5.41) is 9.15. The van der Waals surface area contributed by atoms with Gasteiger partial charge < -0.3 is 0 Å². The second kappa shape index (κ2) is 3.31. The van der Waals surface area contributed by atoms with Crippen LogP contribution in [0.3, 0.4) is 0 Å². The first-order chi connectivity index (χ1) is 1.91. The maximum Gasteiger partial charge on any atom is -0.0361 e. The van der Waals surface area contributed by atoms with Crippen LogP contribution in [0.1, 0.15) is 0 Å². The first-order valence-corrected chi connectivity index (χ1v) is 1.25. The van der Waals surface area contributed by atoms with E-state index in [2.05, 4.69) is 4.99 Å². The highest BCUT2D eigenvalue weighted by Gasteiger charge is 1.48. The van der Waals surface area contributed by atoms with E-state index in [4.69, 9.17) is 5.26 Å². The molecule has 4 heteroatoms. The van der Waals surface area contributed by atoms with Crippen LogP contribution in [0.2, 0.25) is 0 Å². The van der Waals surface area contributed by atoms with Crippen molar-refractivity contribution in [3.05, 3.63) is 0 Å². The van der Waals surface area contributed by atoms with Gasteiger partial charge in [0.25, 0.3) is 0 Å². The molecule has 0 aliphatic heterocycles. The molecule has 0 aromatic rings. The van der Waals surface area contributed by atoms with Gasteiger partial charge in [-0.05, 0) is 9.39 Å². The zero-order valence-electron chi connectivity index (χ0n) is 1.93. The third-order valence-corrected chi connectivity index (χ3v) is 0.158. The normalized spacial score (nSPS) is 7.50. The van der Waals surface area contributed by atoms with E-state index in [9.17, 15) is 0 Å². The van der Waals surface area contributed by atoms with Crippen molar-refractivity contribution in [1.82, 2.24) is 5.25 Å². The fourth-order valence-corrected chi connectivity index (χ4v) is 0. The Morgan fingerprint density at radius 2 is 2.25 bits per heavy atom. The molecule has 0 aliphatic rings. The van der Waals surface area contributed by atoms with Gasteiger partial charge in [-0.3, -0.25) is 0 Å². The van der Waals surface area contributed by atoms with Crippen LogP contribution in [0.5, 0.6) is 0 Å². The molecule has 0 rings (SSSR count). The molecule has 1 unspecified atom stereocenters. The molecule has 26 valence electrons. The van der Waals surface area contributed by atoms with Crippen molar-refractivity contribution >= 4 is 9.39 Å². The molecule has 4 heavy (non-hydrogen) atoms. The molecule has 1 atom stereocenters. The standard InChI is InChI=1S/H4NO2P/c2-3-1-4/h1-2H,4H2. The van der Waals surface area contributed by atoms with Gasteiger partial charge in [0, 0.05) is 0 Å². The van der Waals surface area contributed by atoms with Crippen molar-refractivity contribution in [2.75, 3.05) is 0 Å². The molecule has 0 aromatic heterocycles.